The van der Waals surface area contributed by atoms with E-state index in [-0.39, 0.29) is 0 Å². The molecular weight excluding hydrogens is 336 g/mol. The van der Waals surface area contributed by atoms with Crippen molar-refractivity contribution in [1.82, 2.24) is 9.88 Å². The van der Waals surface area contributed by atoms with E-state index in [1.807, 2.05) is 6.07 Å². The molecule has 3 heterocycles. The van der Waals surface area contributed by atoms with E-state index in [2.05, 4.69) is 54.3 Å². The van der Waals surface area contributed by atoms with Crippen LogP contribution < -0.4 is 4.74 Å². The Morgan fingerprint density at radius 2 is 2.00 bits per heavy atom. The molecule has 0 N–H and O–H groups in total. The molecule has 2 aromatic carbocycles. The Morgan fingerprint density at radius 1 is 1.11 bits per heavy atom. The Morgan fingerprint density at radius 3 is 2.89 bits per heavy atom. The fourth-order valence-corrected chi connectivity index (χ4v) is 4.10. The van der Waals surface area contributed by atoms with Gasteiger partial charge < -0.3 is 9.15 Å². The van der Waals surface area contributed by atoms with Crippen molar-refractivity contribution in [3.8, 4) is 5.75 Å². The molecule has 0 saturated heterocycles. The smallest absolute Gasteiger partial charge is 0.199 e. The number of rotatable bonds is 4. The first-order valence-electron chi connectivity index (χ1n) is 9.77. The molecule has 0 fully saturated rings. The van der Waals surface area contributed by atoms with Crippen LogP contribution in [0.15, 0.2) is 52.9 Å². The highest BCUT2D eigenvalue weighted by atomic mass is 16.5. The number of nitrogens with zero attached hydrogens (tertiary/aromatic N) is 2. The van der Waals surface area contributed by atoms with E-state index in [0.717, 1.165) is 62.1 Å². The minimum absolute atomic E-state index is 0.329. The number of fused-ring (bicyclic) bond motifs is 2. The first-order valence-corrected chi connectivity index (χ1v) is 9.77. The standard InChI is InChI=1S/C23H24N2O2/c1-16(19-8-7-18-10-12-26-21(18)14-19)25-11-9-20-22(15-25)27-23(24-20)13-17-5-3-2-4-6-17/h2-8,14,16H,9-13,15H2,1H3. The zero-order valence-corrected chi connectivity index (χ0v) is 15.6. The van der Waals surface area contributed by atoms with Crippen molar-refractivity contribution in [3.05, 3.63) is 82.6 Å². The van der Waals surface area contributed by atoms with Crippen LogP contribution in [0.4, 0.5) is 0 Å². The van der Waals surface area contributed by atoms with Crippen molar-refractivity contribution in [3.63, 3.8) is 0 Å². The average molecular weight is 360 g/mol. The van der Waals surface area contributed by atoms with E-state index in [1.165, 1.54) is 16.7 Å². The second-order valence-electron chi connectivity index (χ2n) is 7.50. The van der Waals surface area contributed by atoms with Crippen molar-refractivity contribution >= 4 is 0 Å². The molecule has 2 aliphatic rings. The lowest BCUT2D eigenvalue weighted by atomic mass is 10.0. The van der Waals surface area contributed by atoms with Crippen LogP contribution in [0.3, 0.4) is 0 Å². The molecular formula is C23H24N2O2. The maximum Gasteiger partial charge on any atom is 0.199 e. The fourth-order valence-electron chi connectivity index (χ4n) is 4.10. The van der Waals surface area contributed by atoms with Crippen molar-refractivity contribution in [2.75, 3.05) is 13.2 Å². The molecule has 4 nitrogen and oxygen atoms in total. The van der Waals surface area contributed by atoms with Gasteiger partial charge in [-0.1, -0.05) is 42.5 Å². The molecule has 138 valence electrons. The monoisotopic (exact) mass is 360 g/mol. The highest BCUT2D eigenvalue weighted by Gasteiger charge is 2.27. The fraction of sp³-hybridized carbons (Fsp3) is 0.348. The Labute approximate surface area is 159 Å². The zero-order valence-electron chi connectivity index (χ0n) is 15.6. The number of ether oxygens (including phenoxy) is 1. The Kier molecular flexibility index (Phi) is 4.21. The third-order valence-corrected chi connectivity index (χ3v) is 5.75. The molecule has 3 aromatic rings. The first kappa shape index (κ1) is 16.6. The minimum atomic E-state index is 0.329. The molecule has 1 unspecified atom stereocenters. The Hall–Kier alpha value is -2.59. The number of hydrogen-bond acceptors (Lipinski definition) is 4. The maximum atomic E-state index is 6.12. The summed E-state index contributed by atoms with van der Waals surface area (Å²) in [5.41, 5.74) is 5.00. The van der Waals surface area contributed by atoms with Gasteiger partial charge in [0.25, 0.3) is 0 Å². The van der Waals surface area contributed by atoms with Crippen LogP contribution in [0.5, 0.6) is 5.75 Å². The summed E-state index contributed by atoms with van der Waals surface area (Å²) < 4.78 is 11.9. The van der Waals surface area contributed by atoms with Crippen LogP contribution in [-0.4, -0.2) is 23.0 Å². The Bertz CT molecular complexity index is 948. The van der Waals surface area contributed by atoms with Gasteiger partial charge in [-0.05, 0) is 29.7 Å². The van der Waals surface area contributed by atoms with Crippen molar-refractivity contribution in [2.24, 2.45) is 0 Å². The van der Waals surface area contributed by atoms with Gasteiger partial charge in [0, 0.05) is 31.8 Å². The van der Waals surface area contributed by atoms with Gasteiger partial charge in [0.2, 0.25) is 0 Å². The molecule has 0 radical (unpaired) electrons. The van der Waals surface area contributed by atoms with Crippen LogP contribution in [0.25, 0.3) is 0 Å². The third kappa shape index (κ3) is 3.26. The molecule has 0 saturated carbocycles. The van der Waals surface area contributed by atoms with Crippen molar-refractivity contribution in [2.45, 2.75) is 38.8 Å². The van der Waals surface area contributed by atoms with Gasteiger partial charge in [-0.3, -0.25) is 4.90 Å². The quantitative estimate of drug-likeness (QED) is 0.695. The van der Waals surface area contributed by atoms with Crippen LogP contribution in [-0.2, 0) is 25.8 Å². The SMILES string of the molecule is CC(c1ccc2c(c1)OCC2)N1CCc2nc(Cc3ccccc3)oc2C1. The lowest BCUT2D eigenvalue weighted by Crippen LogP contribution is -2.32. The third-order valence-electron chi connectivity index (χ3n) is 5.75. The Balaban J connectivity index is 1.32. The maximum absolute atomic E-state index is 6.12. The van der Waals surface area contributed by atoms with Gasteiger partial charge in [-0.25, -0.2) is 4.98 Å². The molecule has 5 rings (SSSR count). The topological polar surface area (TPSA) is 38.5 Å². The van der Waals surface area contributed by atoms with Crippen LogP contribution in [0.1, 0.15) is 47.0 Å². The van der Waals surface area contributed by atoms with Crippen LogP contribution in [0, 0.1) is 0 Å². The summed E-state index contributed by atoms with van der Waals surface area (Å²) in [6, 6.07) is 17.4. The summed E-state index contributed by atoms with van der Waals surface area (Å²) in [5, 5.41) is 0. The summed E-state index contributed by atoms with van der Waals surface area (Å²) >= 11 is 0. The summed E-state index contributed by atoms with van der Waals surface area (Å²) in [7, 11) is 0. The predicted octanol–water partition coefficient (Wildman–Crippen LogP) is 4.32. The van der Waals surface area contributed by atoms with E-state index >= 15 is 0 Å². The summed E-state index contributed by atoms with van der Waals surface area (Å²) in [5.74, 6) is 2.91. The lowest BCUT2D eigenvalue weighted by molar-refractivity contribution is 0.173. The van der Waals surface area contributed by atoms with Gasteiger partial charge in [0.1, 0.15) is 11.5 Å². The molecule has 2 aliphatic heterocycles. The number of oxazole rings is 1. The molecule has 0 amide bonds. The van der Waals surface area contributed by atoms with E-state index in [4.69, 9.17) is 14.1 Å². The predicted molar refractivity (Wildman–Crippen MR) is 104 cm³/mol. The lowest BCUT2D eigenvalue weighted by Gasteiger charge is -2.31. The molecule has 1 atom stereocenters. The molecule has 1 aromatic heterocycles. The first-order chi connectivity index (χ1) is 13.3. The summed E-state index contributed by atoms with van der Waals surface area (Å²) in [6.07, 6.45) is 2.73. The van der Waals surface area contributed by atoms with Gasteiger partial charge >= 0.3 is 0 Å². The molecule has 27 heavy (non-hydrogen) atoms. The minimum Gasteiger partial charge on any atom is -0.493 e. The van der Waals surface area contributed by atoms with Gasteiger partial charge in [0.15, 0.2) is 5.89 Å². The van der Waals surface area contributed by atoms with Crippen LogP contribution in [0.2, 0.25) is 0 Å². The van der Waals surface area contributed by atoms with Gasteiger partial charge in [0.05, 0.1) is 18.8 Å². The van der Waals surface area contributed by atoms with E-state index in [1.54, 1.807) is 0 Å². The number of aromatic nitrogens is 1. The highest BCUT2D eigenvalue weighted by Crippen LogP contribution is 2.33. The van der Waals surface area contributed by atoms with Crippen LogP contribution >= 0.6 is 0 Å². The van der Waals surface area contributed by atoms with Gasteiger partial charge in [-0.2, -0.15) is 0 Å². The highest BCUT2D eigenvalue weighted by molar-refractivity contribution is 5.41. The normalized spacial score (nSPS) is 17.2. The second kappa shape index (κ2) is 6.86. The van der Waals surface area contributed by atoms with E-state index in [0.29, 0.717) is 6.04 Å². The molecule has 0 bridgehead atoms. The molecule has 0 aliphatic carbocycles. The van der Waals surface area contributed by atoms with Crippen molar-refractivity contribution in [1.29, 1.82) is 0 Å². The second-order valence-corrected chi connectivity index (χ2v) is 7.50. The summed E-state index contributed by atoms with van der Waals surface area (Å²) in [4.78, 5) is 7.22. The molecule has 4 heteroatoms. The average Bonchev–Trinajstić information content (AvgIpc) is 3.33. The number of benzene rings is 2. The van der Waals surface area contributed by atoms with E-state index < -0.39 is 0 Å². The van der Waals surface area contributed by atoms with Crippen molar-refractivity contribution < 1.29 is 9.15 Å². The zero-order chi connectivity index (χ0) is 18.2. The largest absolute Gasteiger partial charge is 0.493 e. The summed E-state index contributed by atoms with van der Waals surface area (Å²) in [6.45, 7) is 4.89. The molecule has 0 spiro atoms. The van der Waals surface area contributed by atoms with Gasteiger partial charge in [-0.15, -0.1) is 0 Å². The number of hydrogen-bond donors (Lipinski definition) is 0. The van der Waals surface area contributed by atoms with E-state index in [9.17, 15) is 0 Å².